The molecule has 0 aliphatic heterocycles. The van der Waals surface area contributed by atoms with Crippen LogP contribution in [0.3, 0.4) is 0 Å². The standard InChI is InChI=1S/C11H11BrClN3O/c1-2-8(3-4-14)16-11(17)9-5-7(12)6-15-10(9)13/h5-6,8H,2-3H2,1H3,(H,16,17). The predicted molar refractivity (Wildman–Crippen MR) is 68.7 cm³/mol. The van der Waals surface area contributed by atoms with Gasteiger partial charge in [-0.3, -0.25) is 4.79 Å². The molecule has 90 valence electrons. The van der Waals surface area contributed by atoms with E-state index in [1.165, 1.54) is 6.20 Å². The van der Waals surface area contributed by atoms with Crippen LogP contribution in [0.25, 0.3) is 0 Å². The number of pyridine rings is 1. The van der Waals surface area contributed by atoms with E-state index < -0.39 is 0 Å². The summed E-state index contributed by atoms with van der Waals surface area (Å²) in [6, 6.07) is 3.47. The Bertz CT molecular complexity index is 459. The zero-order chi connectivity index (χ0) is 12.8. The first-order valence-electron chi connectivity index (χ1n) is 5.07. The number of nitrogens with zero attached hydrogens (tertiary/aromatic N) is 2. The van der Waals surface area contributed by atoms with Crippen molar-refractivity contribution in [2.75, 3.05) is 0 Å². The summed E-state index contributed by atoms with van der Waals surface area (Å²) >= 11 is 9.06. The Morgan fingerprint density at radius 2 is 2.47 bits per heavy atom. The molecule has 0 aliphatic rings. The van der Waals surface area contributed by atoms with Gasteiger partial charge in [0.25, 0.3) is 5.91 Å². The molecule has 1 N–H and O–H groups in total. The number of aromatic nitrogens is 1. The van der Waals surface area contributed by atoms with Crippen LogP contribution in [0.2, 0.25) is 5.15 Å². The summed E-state index contributed by atoms with van der Waals surface area (Å²) in [6.07, 6.45) is 2.49. The van der Waals surface area contributed by atoms with Gasteiger partial charge < -0.3 is 5.32 Å². The van der Waals surface area contributed by atoms with Gasteiger partial charge in [-0.2, -0.15) is 5.26 Å². The zero-order valence-electron chi connectivity index (χ0n) is 9.20. The van der Waals surface area contributed by atoms with Gasteiger partial charge in [-0.05, 0) is 28.4 Å². The smallest absolute Gasteiger partial charge is 0.254 e. The van der Waals surface area contributed by atoms with E-state index in [1.807, 2.05) is 13.0 Å². The second kappa shape index (κ2) is 6.58. The Morgan fingerprint density at radius 3 is 3.06 bits per heavy atom. The summed E-state index contributed by atoms with van der Waals surface area (Å²) < 4.78 is 0.681. The largest absolute Gasteiger partial charge is 0.348 e. The summed E-state index contributed by atoms with van der Waals surface area (Å²) in [5.74, 6) is -0.314. The molecule has 1 rings (SSSR count). The number of carbonyl (C=O) groups excluding carboxylic acids is 1. The van der Waals surface area contributed by atoms with Crippen molar-refractivity contribution >= 4 is 33.4 Å². The normalized spacial score (nSPS) is 11.6. The van der Waals surface area contributed by atoms with E-state index in [2.05, 4.69) is 26.2 Å². The average molecular weight is 317 g/mol. The third-order valence-corrected chi connectivity index (χ3v) is 2.95. The van der Waals surface area contributed by atoms with Crippen molar-refractivity contribution in [3.8, 4) is 6.07 Å². The average Bonchev–Trinajstić information content (AvgIpc) is 2.31. The van der Waals surface area contributed by atoms with Crippen molar-refractivity contribution in [2.45, 2.75) is 25.8 Å². The minimum atomic E-state index is -0.314. The molecule has 0 spiro atoms. The topological polar surface area (TPSA) is 65.8 Å². The maximum atomic E-state index is 11.9. The van der Waals surface area contributed by atoms with Crippen LogP contribution in [0.15, 0.2) is 16.7 Å². The fourth-order valence-corrected chi connectivity index (χ4v) is 1.77. The molecule has 17 heavy (non-hydrogen) atoms. The summed E-state index contributed by atoms with van der Waals surface area (Å²) in [5.41, 5.74) is 0.303. The van der Waals surface area contributed by atoms with Crippen molar-refractivity contribution in [1.82, 2.24) is 10.3 Å². The highest BCUT2D eigenvalue weighted by molar-refractivity contribution is 9.10. The summed E-state index contributed by atoms with van der Waals surface area (Å²) in [7, 11) is 0. The lowest BCUT2D eigenvalue weighted by Crippen LogP contribution is -2.34. The van der Waals surface area contributed by atoms with Crippen molar-refractivity contribution in [2.24, 2.45) is 0 Å². The molecule has 0 radical (unpaired) electrons. The van der Waals surface area contributed by atoms with Crippen LogP contribution in [-0.4, -0.2) is 16.9 Å². The van der Waals surface area contributed by atoms with E-state index in [-0.39, 0.29) is 23.5 Å². The molecule has 1 atom stereocenters. The van der Waals surface area contributed by atoms with Crippen molar-refractivity contribution in [3.63, 3.8) is 0 Å². The van der Waals surface area contributed by atoms with E-state index >= 15 is 0 Å². The molecule has 4 nitrogen and oxygen atoms in total. The summed E-state index contributed by atoms with van der Waals surface area (Å²) in [6.45, 7) is 1.91. The van der Waals surface area contributed by atoms with Crippen LogP contribution in [-0.2, 0) is 0 Å². The van der Waals surface area contributed by atoms with Crippen molar-refractivity contribution in [1.29, 1.82) is 5.26 Å². The molecule has 6 heteroatoms. The minimum Gasteiger partial charge on any atom is -0.348 e. The third kappa shape index (κ3) is 3.99. The van der Waals surface area contributed by atoms with E-state index in [0.717, 1.165) is 0 Å². The molecule has 1 aromatic heterocycles. The first-order chi connectivity index (χ1) is 8.08. The number of nitrogens with one attached hydrogen (secondary N) is 1. The van der Waals surface area contributed by atoms with Gasteiger partial charge in [0.2, 0.25) is 0 Å². The molecule has 1 aromatic rings. The first kappa shape index (κ1) is 13.9. The number of hydrogen-bond donors (Lipinski definition) is 1. The molecule has 0 saturated heterocycles. The fourth-order valence-electron chi connectivity index (χ4n) is 1.25. The molecular formula is C11H11BrClN3O. The molecule has 0 saturated carbocycles. The number of hydrogen-bond acceptors (Lipinski definition) is 3. The summed E-state index contributed by atoms with van der Waals surface area (Å²) in [5, 5.41) is 11.5. The quantitative estimate of drug-likeness (QED) is 0.869. The highest BCUT2D eigenvalue weighted by atomic mass is 79.9. The number of nitriles is 1. The van der Waals surface area contributed by atoms with Gasteiger partial charge in [0, 0.05) is 16.7 Å². The number of rotatable bonds is 4. The van der Waals surface area contributed by atoms with E-state index in [0.29, 0.717) is 16.5 Å². The van der Waals surface area contributed by atoms with Gasteiger partial charge in [0.05, 0.1) is 18.1 Å². The molecule has 1 amide bonds. The van der Waals surface area contributed by atoms with Crippen molar-refractivity contribution in [3.05, 3.63) is 27.5 Å². The Morgan fingerprint density at radius 1 is 1.76 bits per heavy atom. The highest BCUT2D eigenvalue weighted by Crippen LogP contribution is 2.18. The molecule has 0 aromatic carbocycles. The highest BCUT2D eigenvalue weighted by Gasteiger charge is 2.15. The third-order valence-electron chi connectivity index (χ3n) is 2.22. The SMILES string of the molecule is CCC(CC#N)NC(=O)c1cc(Br)cnc1Cl. The maximum absolute atomic E-state index is 11.9. The number of amides is 1. The van der Waals surface area contributed by atoms with Gasteiger partial charge in [0.15, 0.2) is 0 Å². The Labute approximate surface area is 113 Å². The second-order valence-corrected chi connectivity index (χ2v) is 4.71. The van der Waals surface area contributed by atoms with Crippen LogP contribution in [0.5, 0.6) is 0 Å². The van der Waals surface area contributed by atoms with E-state index in [1.54, 1.807) is 6.07 Å². The zero-order valence-corrected chi connectivity index (χ0v) is 11.5. The van der Waals surface area contributed by atoms with Crippen LogP contribution >= 0.6 is 27.5 Å². The second-order valence-electron chi connectivity index (χ2n) is 3.43. The van der Waals surface area contributed by atoms with Crippen LogP contribution < -0.4 is 5.32 Å². The lowest BCUT2D eigenvalue weighted by molar-refractivity contribution is 0.0936. The lowest BCUT2D eigenvalue weighted by atomic mass is 10.1. The molecule has 1 heterocycles. The molecule has 0 fully saturated rings. The monoisotopic (exact) mass is 315 g/mol. The first-order valence-corrected chi connectivity index (χ1v) is 6.24. The predicted octanol–water partition coefficient (Wildman–Crippen LogP) is 2.92. The van der Waals surface area contributed by atoms with Crippen molar-refractivity contribution < 1.29 is 4.79 Å². The van der Waals surface area contributed by atoms with Crippen LogP contribution in [0.1, 0.15) is 30.1 Å². The van der Waals surface area contributed by atoms with Gasteiger partial charge in [0.1, 0.15) is 5.15 Å². The lowest BCUT2D eigenvalue weighted by Gasteiger charge is -2.13. The van der Waals surface area contributed by atoms with E-state index in [9.17, 15) is 4.79 Å². The molecule has 1 unspecified atom stereocenters. The minimum absolute atomic E-state index is 0.150. The maximum Gasteiger partial charge on any atom is 0.254 e. The molecule has 0 aliphatic carbocycles. The number of carbonyl (C=O) groups is 1. The Hall–Kier alpha value is -1.12. The van der Waals surface area contributed by atoms with Gasteiger partial charge in [-0.25, -0.2) is 4.98 Å². The van der Waals surface area contributed by atoms with Crippen LogP contribution in [0, 0.1) is 11.3 Å². The Balaban J connectivity index is 2.82. The van der Waals surface area contributed by atoms with E-state index in [4.69, 9.17) is 16.9 Å². The Kier molecular flexibility index (Phi) is 5.39. The van der Waals surface area contributed by atoms with Gasteiger partial charge in [-0.15, -0.1) is 0 Å². The molecular weight excluding hydrogens is 305 g/mol. The van der Waals surface area contributed by atoms with Crippen LogP contribution in [0.4, 0.5) is 0 Å². The van der Waals surface area contributed by atoms with Gasteiger partial charge in [-0.1, -0.05) is 18.5 Å². The fraction of sp³-hybridized carbons (Fsp3) is 0.364. The molecule has 0 bridgehead atoms. The van der Waals surface area contributed by atoms with Gasteiger partial charge >= 0.3 is 0 Å². The summed E-state index contributed by atoms with van der Waals surface area (Å²) in [4.78, 5) is 15.8. The number of halogens is 2.